The van der Waals surface area contributed by atoms with Gasteiger partial charge in [-0.05, 0) is 69.2 Å². The first-order valence-electron chi connectivity index (χ1n) is 12.9. The van der Waals surface area contributed by atoms with Crippen LogP contribution in [0, 0.1) is 5.92 Å². The van der Waals surface area contributed by atoms with Gasteiger partial charge in [-0.1, -0.05) is 39.0 Å². The van der Waals surface area contributed by atoms with E-state index in [-0.39, 0.29) is 17.8 Å². The fourth-order valence-electron chi connectivity index (χ4n) is 4.49. The minimum Gasteiger partial charge on any atom is -0.496 e. The molecule has 0 unspecified atom stereocenters. The molecule has 1 amide bonds. The summed E-state index contributed by atoms with van der Waals surface area (Å²) in [5.74, 6) is 1.93. The van der Waals surface area contributed by atoms with E-state index in [4.69, 9.17) is 13.9 Å². The molecule has 3 atom stereocenters. The second-order valence-electron chi connectivity index (χ2n) is 9.08. The summed E-state index contributed by atoms with van der Waals surface area (Å²) in [7, 11) is 1.56. The van der Waals surface area contributed by atoms with Crippen LogP contribution in [0.25, 0.3) is 22.6 Å². The maximum absolute atomic E-state index is 11.7. The third-order valence-electron chi connectivity index (χ3n) is 6.40. The fraction of sp³-hybridized carbons (Fsp3) is 0.483. The fourth-order valence-corrected chi connectivity index (χ4v) is 4.49. The van der Waals surface area contributed by atoms with Crippen LogP contribution in [-0.2, 0) is 9.53 Å². The standard InChI is InChI=1S/C16H13NO3.C11H19NO2.C2H6/c1-10(18)11-7-8-12(15(9-11)19-2)16-17-13-5-3-4-6-14(13)20-16;1-8-4-5-9(7-8)12-11(13)10-3-2-6-14-10;1-2/h3-9H,1-2H3;8-10H,2-7H2,1H3,(H,12,13);1-2H3/t;8-,9+,10+;/m.1./s1. The van der Waals surface area contributed by atoms with Gasteiger partial charge < -0.3 is 19.2 Å². The molecular weight excluding hydrogens is 456 g/mol. The number of aromatic nitrogens is 1. The number of methoxy groups -OCH3 is 1. The Labute approximate surface area is 213 Å². The molecule has 2 heterocycles. The topological polar surface area (TPSA) is 90.7 Å². The van der Waals surface area contributed by atoms with Gasteiger partial charge in [-0.2, -0.15) is 0 Å². The number of ketones is 1. The molecule has 1 saturated carbocycles. The van der Waals surface area contributed by atoms with Gasteiger partial charge in [0.25, 0.3) is 0 Å². The van der Waals surface area contributed by atoms with Crippen molar-refractivity contribution in [1.29, 1.82) is 0 Å². The van der Waals surface area contributed by atoms with E-state index in [1.54, 1.807) is 25.3 Å². The quantitative estimate of drug-likeness (QED) is 0.425. The lowest BCUT2D eigenvalue weighted by molar-refractivity contribution is -0.130. The first-order valence-corrected chi connectivity index (χ1v) is 12.9. The highest BCUT2D eigenvalue weighted by molar-refractivity contribution is 5.95. The number of benzene rings is 2. The maximum Gasteiger partial charge on any atom is 0.249 e. The molecule has 1 aromatic heterocycles. The van der Waals surface area contributed by atoms with Gasteiger partial charge in [-0.25, -0.2) is 4.98 Å². The van der Waals surface area contributed by atoms with Crippen molar-refractivity contribution in [1.82, 2.24) is 10.3 Å². The molecule has 2 fully saturated rings. The summed E-state index contributed by atoms with van der Waals surface area (Å²) in [6.45, 7) is 8.52. The molecule has 0 spiro atoms. The van der Waals surface area contributed by atoms with E-state index in [0.29, 0.717) is 23.2 Å². The summed E-state index contributed by atoms with van der Waals surface area (Å²) in [6.07, 6.45) is 5.29. The Kier molecular flexibility index (Phi) is 10.1. The maximum atomic E-state index is 11.7. The third kappa shape index (κ3) is 6.94. The smallest absolute Gasteiger partial charge is 0.249 e. The second-order valence-corrected chi connectivity index (χ2v) is 9.08. The Morgan fingerprint density at radius 3 is 2.47 bits per heavy atom. The van der Waals surface area contributed by atoms with Gasteiger partial charge in [0.2, 0.25) is 11.8 Å². The van der Waals surface area contributed by atoms with E-state index in [1.807, 2.05) is 38.1 Å². The Morgan fingerprint density at radius 1 is 1.08 bits per heavy atom. The lowest BCUT2D eigenvalue weighted by Crippen LogP contribution is -2.40. The van der Waals surface area contributed by atoms with E-state index >= 15 is 0 Å². The van der Waals surface area contributed by atoms with Crippen LogP contribution in [0.15, 0.2) is 46.9 Å². The number of ether oxygens (including phenoxy) is 2. The van der Waals surface area contributed by atoms with Crippen LogP contribution in [-0.4, -0.2) is 42.5 Å². The number of fused-ring (bicyclic) bond motifs is 1. The molecule has 2 aliphatic rings. The highest BCUT2D eigenvalue weighted by Crippen LogP contribution is 2.32. The third-order valence-corrected chi connectivity index (χ3v) is 6.40. The number of hydrogen-bond donors (Lipinski definition) is 1. The van der Waals surface area contributed by atoms with Crippen molar-refractivity contribution in [3.05, 3.63) is 48.0 Å². The number of Topliss-reactive ketones (excluding diaryl/α,β-unsaturated/α-hetero) is 1. The van der Waals surface area contributed by atoms with Crippen molar-refractivity contribution in [3.63, 3.8) is 0 Å². The van der Waals surface area contributed by atoms with Gasteiger partial charge >= 0.3 is 0 Å². The predicted molar refractivity (Wildman–Crippen MR) is 141 cm³/mol. The van der Waals surface area contributed by atoms with Gasteiger partial charge in [0.05, 0.1) is 12.7 Å². The van der Waals surface area contributed by atoms with Crippen LogP contribution in [0.2, 0.25) is 0 Å². The van der Waals surface area contributed by atoms with Gasteiger partial charge in [0, 0.05) is 18.2 Å². The van der Waals surface area contributed by atoms with Gasteiger partial charge in [-0.3, -0.25) is 9.59 Å². The summed E-state index contributed by atoms with van der Waals surface area (Å²) < 4.78 is 16.4. The summed E-state index contributed by atoms with van der Waals surface area (Å²) in [4.78, 5) is 27.5. The van der Waals surface area contributed by atoms with Crippen LogP contribution >= 0.6 is 0 Å². The Morgan fingerprint density at radius 2 is 1.86 bits per heavy atom. The normalized spacial score (nSPS) is 20.6. The summed E-state index contributed by atoms with van der Waals surface area (Å²) in [5.41, 5.74) is 2.84. The van der Waals surface area contributed by atoms with Crippen LogP contribution < -0.4 is 10.1 Å². The summed E-state index contributed by atoms with van der Waals surface area (Å²) in [5, 5.41) is 3.09. The summed E-state index contributed by atoms with van der Waals surface area (Å²) >= 11 is 0. The van der Waals surface area contributed by atoms with E-state index < -0.39 is 0 Å². The van der Waals surface area contributed by atoms with Gasteiger partial charge in [-0.15, -0.1) is 0 Å². The van der Waals surface area contributed by atoms with Crippen molar-refractivity contribution in [3.8, 4) is 17.2 Å². The molecule has 7 heteroatoms. The molecule has 1 saturated heterocycles. The number of nitrogens with zero attached hydrogens (tertiary/aromatic N) is 1. The molecule has 1 aliphatic carbocycles. The first-order chi connectivity index (χ1) is 17.4. The molecule has 1 N–H and O–H groups in total. The number of hydrogen-bond acceptors (Lipinski definition) is 6. The number of rotatable bonds is 5. The van der Waals surface area contributed by atoms with Gasteiger partial charge in [0.1, 0.15) is 17.4 Å². The molecule has 3 aromatic rings. The molecule has 1 aliphatic heterocycles. The molecular formula is C29H38N2O5. The highest BCUT2D eigenvalue weighted by Gasteiger charge is 2.28. The monoisotopic (exact) mass is 494 g/mol. The number of para-hydroxylation sites is 2. The zero-order valence-electron chi connectivity index (χ0n) is 22.0. The zero-order chi connectivity index (χ0) is 26.1. The van der Waals surface area contributed by atoms with E-state index in [1.165, 1.54) is 13.3 Å². The largest absolute Gasteiger partial charge is 0.496 e. The van der Waals surface area contributed by atoms with Gasteiger partial charge in [0.15, 0.2) is 11.4 Å². The number of amides is 1. The molecule has 36 heavy (non-hydrogen) atoms. The van der Waals surface area contributed by atoms with E-state index in [2.05, 4.69) is 17.2 Å². The predicted octanol–water partition coefficient (Wildman–Crippen LogP) is 6.20. The molecule has 0 radical (unpaired) electrons. The lowest BCUT2D eigenvalue weighted by Gasteiger charge is -2.15. The highest BCUT2D eigenvalue weighted by atomic mass is 16.5. The zero-order valence-corrected chi connectivity index (χ0v) is 22.0. The van der Waals surface area contributed by atoms with E-state index in [9.17, 15) is 9.59 Å². The first kappa shape index (κ1) is 27.4. The SMILES string of the molecule is CC.COc1cc(C(C)=O)ccc1-c1nc2ccccc2o1.C[C@@H]1CC[C@H](NC(=O)[C@@H]2CCCO2)C1. The van der Waals surface area contributed by atoms with Crippen molar-refractivity contribution in [2.75, 3.05) is 13.7 Å². The van der Waals surface area contributed by atoms with Crippen molar-refractivity contribution in [2.24, 2.45) is 5.92 Å². The molecule has 7 nitrogen and oxygen atoms in total. The van der Waals surface area contributed by atoms with Crippen LogP contribution in [0.1, 0.15) is 70.2 Å². The number of oxazole rings is 1. The minimum absolute atomic E-state index is 0.00702. The molecule has 194 valence electrons. The Hall–Kier alpha value is -3.19. The Bertz CT molecular complexity index is 1120. The average molecular weight is 495 g/mol. The van der Waals surface area contributed by atoms with Crippen molar-refractivity contribution >= 4 is 22.8 Å². The van der Waals surface area contributed by atoms with Crippen LogP contribution in [0.5, 0.6) is 5.75 Å². The number of carbonyl (C=O) groups excluding carboxylic acids is 2. The molecule has 2 aromatic carbocycles. The van der Waals surface area contributed by atoms with Crippen LogP contribution in [0.3, 0.4) is 0 Å². The second kappa shape index (κ2) is 13.2. The van der Waals surface area contributed by atoms with E-state index in [0.717, 1.165) is 54.9 Å². The van der Waals surface area contributed by atoms with Crippen molar-refractivity contribution < 1.29 is 23.5 Å². The Balaban J connectivity index is 0.000000198. The number of carbonyl (C=O) groups is 2. The summed E-state index contributed by atoms with van der Waals surface area (Å²) in [6, 6.07) is 13.2. The average Bonchev–Trinajstić information content (AvgIpc) is 3.66. The van der Waals surface area contributed by atoms with Crippen molar-refractivity contribution in [2.45, 2.75) is 71.9 Å². The van der Waals surface area contributed by atoms with Crippen LogP contribution in [0.4, 0.5) is 0 Å². The molecule has 5 rings (SSSR count). The lowest BCUT2D eigenvalue weighted by atomic mass is 10.1. The number of nitrogens with one attached hydrogen (secondary N) is 1. The minimum atomic E-state index is -0.161. The molecule has 0 bridgehead atoms.